The third kappa shape index (κ3) is 3.09. The van der Waals surface area contributed by atoms with E-state index in [-0.39, 0.29) is 0 Å². The number of rotatable bonds is 1. The Bertz CT molecular complexity index is 401. The molecule has 1 aromatic rings. The topological polar surface area (TPSA) is 29.3 Å². The van der Waals surface area contributed by atoms with Gasteiger partial charge >= 0.3 is 0 Å². The van der Waals surface area contributed by atoms with Gasteiger partial charge in [-0.2, -0.15) is 11.8 Å². The Balaban J connectivity index is 2.17. The Kier molecular flexibility index (Phi) is 3.57. The molecule has 0 atom stereocenters. The Labute approximate surface area is 109 Å². The molecule has 2 nitrogen and oxygen atoms in total. The van der Waals surface area contributed by atoms with Crippen LogP contribution < -0.4 is 10.6 Å². The van der Waals surface area contributed by atoms with Crippen LogP contribution in [-0.4, -0.2) is 23.6 Å². The lowest BCUT2D eigenvalue weighted by Crippen LogP contribution is -2.27. The SMILES string of the molecule is Cc1cc(N)ccc1N1CCSC(C)(C)CC1. The van der Waals surface area contributed by atoms with Crippen molar-refractivity contribution in [2.45, 2.75) is 31.9 Å². The Morgan fingerprint density at radius 3 is 2.76 bits per heavy atom. The normalized spacial score (nSPS) is 20.1. The molecule has 1 heterocycles. The summed E-state index contributed by atoms with van der Waals surface area (Å²) in [5.41, 5.74) is 9.30. The van der Waals surface area contributed by atoms with Crippen molar-refractivity contribution in [2.24, 2.45) is 0 Å². The lowest BCUT2D eigenvalue weighted by atomic mass is 10.1. The highest BCUT2D eigenvalue weighted by Crippen LogP contribution is 2.33. The molecule has 1 fully saturated rings. The summed E-state index contributed by atoms with van der Waals surface area (Å²) in [6.07, 6.45) is 1.24. The largest absolute Gasteiger partial charge is 0.399 e. The van der Waals surface area contributed by atoms with Crippen molar-refractivity contribution < 1.29 is 0 Å². The number of anilines is 2. The molecule has 1 aliphatic rings. The number of nitrogens with zero attached hydrogens (tertiary/aromatic N) is 1. The zero-order valence-electron chi connectivity index (χ0n) is 11.0. The zero-order chi connectivity index (χ0) is 12.5. The predicted molar refractivity (Wildman–Crippen MR) is 79.0 cm³/mol. The molecule has 0 bridgehead atoms. The van der Waals surface area contributed by atoms with Crippen LogP contribution in [0.3, 0.4) is 0 Å². The third-order valence-electron chi connectivity index (χ3n) is 3.40. The number of benzene rings is 1. The second-order valence-corrected chi connectivity index (χ2v) is 7.19. The van der Waals surface area contributed by atoms with Crippen molar-refractivity contribution in [1.29, 1.82) is 0 Å². The van der Waals surface area contributed by atoms with E-state index >= 15 is 0 Å². The van der Waals surface area contributed by atoms with Gasteiger partial charge in [0, 0.05) is 35.0 Å². The highest BCUT2D eigenvalue weighted by Gasteiger charge is 2.24. The minimum absolute atomic E-state index is 0.413. The second-order valence-electron chi connectivity index (χ2n) is 5.39. The molecule has 0 spiro atoms. The molecule has 2 N–H and O–H groups in total. The second kappa shape index (κ2) is 4.81. The average molecular weight is 250 g/mol. The molecular weight excluding hydrogens is 228 g/mol. The van der Waals surface area contributed by atoms with Crippen LogP contribution in [0.2, 0.25) is 0 Å². The van der Waals surface area contributed by atoms with Crippen molar-refractivity contribution in [3.63, 3.8) is 0 Å². The number of aryl methyl sites for hydroxylation is 1. The highest BCUT2D eigenvalue weighted by molar-refractivity contribution is 8.00. The number of thioether (sulfide) groups is 1. The summed E-state index contributed by atoms with van der Waals surface area (Å²) in [6.45, 7) is 9.12. The van der Waals surface area contributed by atoms with Crippen LogP contribution in [0.4, 0.5) is 11.4 Å². The van der Waals surface area contributed by atoms with Gasteiger partial charge in [0.2, 0.25) is 0 Å². The molecule has 0 amide bonds. The Morgan fingerprint density at radius 1 is 1.29 bits per heavy atom. The van der Waals surface area contributed by atoms with Gasteiger partial charge in [0.15, 0.2) is 0 Å². The molecule has 0 aliphatic carbocycles. The van der Waals surface area contributed by atoms with Gasteiger partial charge in [-0.1, -0.05) is 13.8 Å². The number of nitrogen functional groups attached to an aromatic ring is 1. The minimum Gasteiger partial charge on any atom is -0.399 e. The van der Waals surface area contributed by atoms with Crippen LogP contribution in [0, 0.1) is 6.92 Å². The fourth-order valence-electron chi connectivity index (χ4n) is 2.29. The van der Waals surface area contributed by atoms with Crippen LogP contribution >= 0.6 is 11.8 Å². The lowest BCUT2D eigenvalue weighted by Gasteiger charge is -2.25. The van der Waals surface area contributed by atoms with Gasteiger partial charge in [0.05, 0.1) is 0 Å². The highest BCUT2D eigenvalue weighted by atomic mass is 32.2. The fourth-order valence-corrected chi connectivity index (χ4v) is 3.39. The molecule has 0 aromatic heterocycles. The summed E-state index contributed by atoms with van der Waals surface area (Å²) in [5, 5.41) is 0. The van der Waals surface area contributed by atoms with E-state index in [1.54, 1.807) is 0 Å². The van der Waals surface area contributed by atoms with Crippen LogP contribution in [0.25, 0.3) is 0 Å². The van der Waals surface area contributed by atoms with Gasteiger partial charge < -0.3 is 10.6 Å². The van der Waals surface area contributed by atoms with E-state index < -0.39 is 0 Å². The van der Waals surface area contributed by atoms with E-state index in [9.17, 15) is 0 Å². The van der Waals surface area contributed by atoms with E-state index in [4.69, 9.17) is 5.73 Å². The molecule has 1 saturated heterocycles. The molecule has 3 heteroatoms. The number of nitrogens with two attached hydrogens (primary N) is 1. The van der Waals surface area contributed by atoms with E-state index in [0.29, 0.717) is 4.75 Å². The Morgan fingerprint density at radius 2 is 2.06 bits per heavy atom. The molecule has 2 rings (SSSR count). The predicted octanol–water partition coefficient (Wildman–Crippen LogP) is 3.30. The van der Waals surface area contributed by atoms with Crippen molar-refractivity contribution in [3.05, 3.63) is 23.8 Å². The quantitative estimate of drug-likeness (QED) is 0.775. The maximum atomic E-state index is 5.81. The molecule has 1 aliphatic heterocycles. The summed E-state index contributed by atoms with van der Waals surface area (Å²) in [5.74, 6) is 1.21. The summed E-state index contributed by atoms with van der Waals surface area (Å²) in [4.78, 5) is 2.50. The third-order valence-corrected chi connectivity index (χ3v) is 4.77. The molecule has 0 saturated carbocycles. The molecule has 0 radical (unpaired) electrons. The standard InChI is InChI=1S/C14H22N2S/c1-11-10-12(15)4-5-13(11)16-7-6-14(2,3)17-9-8-16/h4-5,10H,6-9,15H2,1-3H3. The minimum atomic E-state index is 0.413. The van der Waals surface area contributed by atoms with E-state index in [2.05, 4.69) is 49.6 Å². The first-order valence-corrected chi connectivity index (χ1v) is 7.21. The summed E-state index contributed by atoms with van der Waals surface area (Å²) < 4.78 is 0.413. The molecule has 17 heavy (non-hydrogen) atoms. The summed E-state index contributed by atoms with van der Waals surface area (Å²) in [7, 11) is 0. The maximum absolute atomic E-state index is 5.81. The van der Waals surface area contributed by atoms with Gasteiger partial charge in [-0.15, -0.1) is 0 Å². The summed E-state index contributed by atoms with van der Waals surface area (Å²) in [6, 6.07) is 6.23. The summed E-state index contributed by atoms with van der Waals surface area (Å²) >= 11 is 2.08. The van der Waals surface area contributed by atoms with Crippen LogP contribution in [0.15, 0.2) is 18.2 Å². The van der Waals surface area contributed by atoms with E-state index in [1.165, 1.54) is 23.4 Å². The van der Waals surface area contributed by atoms with Gasteiger partial charge in [-0.25, -0.2) is 0 Å². The number of hydrogen-bond acceptors (Lipinski definition) is 3. The smallest absolute Gasteiger partial charge is 0.0397 e. The fraction of sp³-hybridized carbons (Fsp3) is 0.571. The lowest BCUT2D eigenvalue weighted by molar-refractivity contribution is 0.637. The van der Waals surface area contributed by atoms with Crippen molar-refractivity contribution in [1.82, 2.24) is 0 Å². The van der Waals surface area contributed by atoms with Crippen LogP contribution in [0.1, 0.15) is 25.8 Å². The van der Waals surface area contributed by atoms with Gasteiger partial charge in [-0.05, 0) is 37.1 Å². The van der Waals surface area contributed by atoms with Gasteiger partial charge in [-0.3, -0.25) is 0 Å². The maximum Gasteiger partial charge on any atom is 0.0397 e. The monoisotopic (exact) mass is 250 g/mol. The molecule has 94 valence electrons. The van der Waals surface area contributed by atoms with Crippen molar-refractivity contribution in [2.75, 3.05) is 29.5 Å². The molecular formula is C14H22N2S. The van der Waals surface area contributed by atoms with Crippen LogP contribution in [-0.2, 0) is 0 Å². The average Bonchev–Trinajstić information content (AvgIpc) is 2.40. The first-order valence-electron chi connectivity index (χ1n) is 6.23. The first-order chi connectivity index (χ1) is 7.98. The Hall–Kier alpha value is -0.830. The van der Waals surface area contributed by atoms with Gasteiger partial charge in [0.1, 0.15) is 0 Å². The van der Waals surface area contributed by atoms with Crippen LogP contribution in [0.5, 0.6) is 0 Å². The van der Waals surface area contributed by atoms with Gasteiger partial charge in [0.25, 0.3) is 0 Å². The van der Waals surface area contributed by atoms with Crippen molar-refractivity contribution in [3.8, 4) is 0 Å². The zero-order valence-corrected chi connectivity index (χ0v) is 11.8. The van der Waals surface area contributed by atoms with E-state index in [1.807, 2.05) is 6.07 Å². The number of hydrogen-bond donors (Lipinski definition) is 1. The van der Waals surface area contributed by atoms with E-state index in [0.717, 1.165) is 18.8 Å². The molecule has 1 aromatic carbocycles. The molecule has 0 unspecified atom stereocenters. The first kappa shape index (κ1) is 12.6. The van der Waals surface area contributed by atoms with Crippen molar-refractivity contribution >= 4 is 23.1 Å².